The fourth-order valence-corrected chi connectivity index (χ4v) is 4.10. The van der Waals surface area contributed by atoms with Crippen LogP contribution in [0.15, 0.2) is 54.0 Å². The van der Waals surface area contributed by atoms with Gasteiger partial charge in [0.2, 0.25) is 5.91 Å². The third-order valence-corrected chi connectivity index (χ3v) is 5.67. The van der Waals surface area contributed by atoms with Crippen LogP contribution in [0.2, 0.25) is 5.02 Å². The molecule has 3 amide bonds. The van der Waals surface area contributed by atoms with Gasteiger partial charge in [-0.05, 0) is 61.5 Å². The molecule has 1 N–H and O–H groups in total. The Morgan fingerprint density at radius 3 is 2.61 bits per heavy atom. The second kappa shape index (κ2) is 11.1. The Hall–Kier alpha value is -3.23. The van der Waals surface area contributed by atoms with Gasteiger partial charge in [-0.1, -0.05) is 42.0 Å². The van der Waals surface area contributed by atoms with Gasteiger partial charge in [-0.15, -0.1) is 0 Å². The molecule has 1 aliphatic rings. The molecule has 0 aliphatic carbocycles. The molecular formula is C24H23ClN2O5S. The van der Waals surface area contributed by atoms with Crippen LogP contribution in [0.3, 0.4) is 0 Å². The second-order valence-corrected chi connectivity index (χ2v) is 8.45. The first-order valence-corrected chi connectivity index (χ1v) is 11.3. The van der Waals surface area contributed by atoms with Gasteiger partial charge in [-0.3, -0.25) is 19.3 Å². The summed E-state index contributed by atoms with van der Waals surface area (Å²) in [5.41, 5.74) is 2.20. The number of carbonyl (C=O) groups excluding carboxylic acids is 3. The molecule has 1 heterocycles. The molecule has 7 nitrogen and oxygen atoms in total. The molecular weight excluding hydrogens is 464 g/mol. The Bertz CT molecular complexity index is 1110. The number of rotatable bonds is 9. The fraction of sp³-hybridized carbons (Fsp3) is 0.208. The monoisotopic (exact) mass is 486 g/mol. The number of benzene rings is 2. The standard InChI is InChI=1S/C24H23ClN2O5S/c1-4-10-32-22-18(25)11-16(12-19(22)31-5-2)13-20-23(29)27(24(30)33-20)14-21(28)26-17-8-6-15(3)7-9-17/h4,6-9,11-13H,1,5,10,14H2,2-3H3,(H,26,28)/b20-13+. The van der Waals surface area contributed by atoms with E-state index >= 15 is 0 Å². The molecule has 3 rings (SSSR count). The summed E-state index contributed by atoms with van der Waals surface area (Å²) >= 11 is 7.11. The van der Waals surface area contributed by atoms with E-state index in [1.165, 1.54) is 6.08 Å². The third-order valence-electron chi connectivity index (χ3n) is 4.49. The van der Waals surface area contributed by atoms with Crippen LogP contribution in [0.25, 0.3) is 6.08 Å². The molecule has 172 valence electrons. The lowest BCUT2D eigenvalue weighted by Gasteiger charge is -2.14. The highest BCUT2D eigenvalue weighted by Gasteiger charge is 2.36. The summed E-state index contributed by atoms with van der Waals surface area (Å²) in [6, 6.07) is 10.5. The van der Waals surface area contributed by atoms with Crippen molar-refractivity contribution in [3.63, 3.8) is 0 Å². The van der Waals surface area contributed by atoms with Gasteiger partial charge in [0.05, 0.1) is 16.5 Å². The smallest absolute Gasteiger partial charge is 0.294 e. The molecule has 2 aromatic rings. The number of imide groups is 1. The van der Waals surface area contributed by atoms with Crippen molar-refractivity contribution < 1.29 is 23.9 Å². The largest absolute Gasteiger partial charge is 0.490 e. The topological polar surface area (TPSA) is 84.9 Å². The molecule has 0 saturated carbocycles. The zero-order chi connectivity index (χ0) is 24.0. The number of halogens is 1. The molecule has 33 heavy (non-hydrogen) atoms. The maximum Gasteiger partial charge on any atom is 0.294 e. The van der Waals surface area contributed by atoms with Gasteiger partial charge in [-0.2, -0.15) is 0 Å². The van der Waals surface area contributed by atoms with E-state index in [0.29, 0.717) is 34.4 Å². The molecule has 0 radical (unpaired) electrons. The summed E-state index contributed by atoms with van der Waals surface area (Å²) in [5, 5.41) is 2.46. The molecule has 0 aromatic heterocycles. The Labute approximate surface area is 201 Å². The summed E-state index contributed by atoms with van der Waals surface area (Å²) in [4.78, 5) is 38.6. The molecule has 2 aromatic carbocycles. The van der Waals surface area contributed by atoms with Crippen molar-refractivity contribution in [2.24, 2.45) is 0 Å². The highest BCUT2D eigenvalue weighted by Crippen LogP contribution is 2.39. The predicted octanol–water partition coefficient (Wildman–Crippen LogP) is 5.29. The molecule has 1 saturated heterocycles. The molecule has 0 unspecified atom stereocenters. The van der Waals surface area contributed by atoms with Crippen molar-refractivity contribution in [2.45, 2.75) is 13.8 Å². The average Bonchev–Trinajstić information content (AvgIpc) is 3.02. The van der Waals surface area contributed by atoms with Gasteiger partial charge in [0.15, 0.2) is 11.5 Å². The average molecular weight is 487 g/mol. The van der Waals surface area contributed by atoms with Crippen molar-refractivity contribution in [3.05, 3.63) is 70.1 Å². The number of amides is 3. The second-order valence-electron chi connectivity index (χ2n) is 7.04. The van der Waals surface area contributed by atoms with Gasteiger partial charge >= 0.3 is 0 Å². The number of nitrogens with zero attached hydrogens (tertiary/aromatic N) is 1. The SMILES string of the molecule is C=CCOc1c(Cl)cc(/C=C2/SC(=O)N(CC(=O)Nc3ccc(C)cc3)C2=O)cc1OCC. The van der Waals surface area contributed by atoms with E-state index in [4.69, 9.17) is 21.1 Å². The molecule has 0 spiro atoms. The maximum absolute atomic E-state index is 12.8. The normalized spacial score (nSPS) is 14.5. The quantitative estimate of drug-likeness (QED) is 0.383. The Morgan fingerprint density at radius 1 is 1.21 bits per heavy atom. The molecule has 9 heteroatoms. The van der Waals surface area contributed by atoms with Crippen LogP contribution >= 0.6 is 23.4 Å². The molecule has 0 atom stereocenters. The number of hydrogen-bond acceptors (Lipinski definition) is 6. The fourth-order valence-electron chi connectivity index (χ4n) is 2.99. The number of ether oxygens (including phenoxy) is 2. The molecule has 1 fully saturated rings. The van der Waals surface area contributed by atoms with E-state index < -0.39 is 17.1 Å². The maximum atomic E-state index is 12.8. The highest BCUT2D eigenvalue weighted by atomic mass is 35.5. The first-order chi connectivity index (χ1) is 15.8. The van der Waals surface area contributed by atoms with Crippen LogP contribution in [0.4, 0.5) is 10.5 Å². The third kappa shape index (κ3) is 6.18. The summed E-state index contributed by atoms with van der Waals surface area (Å²) in [6.45, 7) is 7.63. The minimum Gasteiger partial charge on any atom is -0.490 e. The van der Waals surface area contributed by atoms with E-state index in [9.17, 15) is 14.4 Å². The number of nitrogens with one attached hydrogen (secondary N) is 1. The van der Waals surface area contributed by atoms with Crippen molar-refractivity contribution in [1.82, 2.24) is 4.90 Å². The number of hydrogen-bond donors (Lipinski definition) is 1. The van der Waals surface area contributed by atoms with Gasteiger partial charge in [-0.25, -0.2) is 0 Å². The lowest BCUT2D eigenvalue weighted by molar-refractivity contribution is -0.127. The zero-order valence-corrected chi connectivity index (χ0v) is 19.8. The lowest BCUT2D eigenvalue weighted by Crippen LogP contribution is -2.36. The summed E-state index contributed by atoms with van der Waals surface area (Å²) in [5.74, 6) is -0.232. The number of thioether (sulfide) groups is 1. The van der Waals surface area contributed by atoms with Gasteiger partial charge in [0.1, 0.15) is 13.2 Å². The minimum absolute atomic E-state index is 0.182. The van der Waals surface area contributed by atoms with Gasteiger partial charge in [0, 0.05) is 5.69 Å². The van der Waals surface area contributed by atoms with Crippen molar-refractivity contribution in [1.29, 1.82) is 0 Å². The van der Waals surface area contributed by atoms with Gasteiger partial charge < -0.3 is 14.8 Å². The van der Waals surface area contributed by atoms with E-state index in [1.807, 2.05) is 26.0 Å². The highest BCUT2D eigenvalue weighted by molar-refractivity contribution is 8.18. The van der Waals surface area contributed by atoms with Crippen LogP contribution in [-0.4, -0.2) is 41.7 Å². The van der Waals surface area contributed by atoms with Crippen molar-refractivity contribution in [3.8, 4) is 11.5 Å². The summed E-state index contributed by atoms with van der Waals surface area (Å²) in [7, 11) is 0. The van der Waals surface area contributed by atoms with Crippen LogP contribution < -0.4 is 14.8 Å². The van der Waals surface area contributed by atoms with Crippen LogP contribution in [0, 0.1) is 6.92 Å². The van der Waals surface area contributed by atoms with E-state index in [2.05, 4.69) is 11.9 Å². The van der Waals surface area contributed by atoms with E-state index in [-0.39, 0.29) is 18.1 Å². The molecule has 0 bridgehead atoms. The predicted molar refractivity (Wildman–Crippen MR) is 131 cm³/mol. The summed E-state index contributed by atoms with van der Waals surface area (Å²) < 4.78 is 11.2. The van der Waals surface area contributed by atoms with Gasteiger partial charge in [0.25, 0.3) is 11.1 Å². The minimum atomic E-state index is -0.551. The van der Waals surface area contributed by atoms with Crippen LogP contribution in [-0.2, 0) is 9.59 Å². The van der Waals surface area contributed by atoms with Crippen LogP contribution in [0.1, 0.15) is 18.1 Å². The van der Waals surface area contributed by atoms with Crippen molar-refractivity contribution >= 4 is 52.2 Å². The number of aryl methyl sites for hydroxylation is 1. The zero-order valence-electron chi connectivity index (χ0n) is 18.2. The Balaban J connectivity index is 1.76. The number of carbonyl (C=O) groups is 3. The summed E-state index contributed by atoms with van der Waals surface area (Å²) in [6.07, 6.45) is 3.12. The van der Waals surface area contributed by atoms with Crippen LogP contribution in [0.5, 0.6) is 11.5 Å². The van der Waals surface area contributed by atoms with E-state index in [0.717, 1.165) is 22.2 Å². The van der Waals surface area contributed by atoms with Crippen molar-refractivity contribution in [2.75, 3.05) is 25.1 Å². The van der Waals surface area contributed by atoms with E-state index in [1.54, 1.807) is 30.3 Å². The lowest BCUT2D eigenvalue weighted by atomic mass is 10.1. The number of anilines is 1. The first-order valence-electron chi connectivity index (χ1n) is 10.1. The Kier molecular flexibility index (Phi) is 8.19. The Morgan fingerprint density at radius 2 is 1.94 bits per heavy atom. The first kappa shape index (κ1) is 24.4. The molecule has 1 aliphatic heterocycles.